The fourth-order valence-electron chi connectivity index (χ4n) is 2.65. The van der Waals surface area contributed by atoms with Crippen LogP contribution in [0, 0.1) is 0 Å². The van der Waals surface area contributed by atoms with E-state index in [4.69, 9.17) is 5.73 Å². The van der Waals surface area contributed by atoms with Crippen LogP contribution in [0.4, 0.5) is 0 Å². The molecule has 0 rings (SSSR count). The molecular formula is C18H37NO2. The van der Waals surface area contributed by atoms with Gasteiger partial charge in [0, 0.05) is 0 Å². The lowest BCUT2D eigenvalue weighted by atomic mass is 10.0. The molecule has 3 N–H and O–H groups in total. The van der Waals surface area contributed by atoms with Crippen LogP contribution in [0.1, 0.15) is 96.8 Å². The zero-order valence-corrected chi connectivity index (χ0v) is 14.1. The first-order chi connectivity index (χ1) is 10.2. The standard InChI is InChI=1S/C18H37NO2/c1-2-3-4-5-6-7-8-9-10-11-12-13-14-15-17(20)18(21)16-19/h17,20H,2-16,19H2,1H3. The van der Waals surface area contributed by atoms with Crippen LogP contribution >= 0.6 is 0 Å². The van der Waals surface area contributed by atoms with Crippen molar-refractivity contribution in [1.29, 1.82) is 0 Å². The lowest BCUT2D eigenvalue weighted by Gasteiger charge is -2.07. The number of rotatable bonds is 16. The SMILES string of the molecule is CCCCCCCCCCCCCCCC(O)C(=O)CN. The monoisotopic (exact) mass is 299 g/mol. The number of nitrogens with two attached hydrogens (primary N) is 1. The van der Waals surface area contributed by atoms with Crippen LogP contribution in [-0.2, 0) is 4.79 Å². The Bertz CT molecular complexity index is 231. The van der Waals surface area contributed by atoms with E-state index in [2.05, 4.69) is 6.92 Å². The molecule has 0 aliphatic carbocycles. The van der Waals surface area contributed by atoms with Crippen LogP contribution < -0.4 is 5.73 Å². The third-order valence-electron chi connectivity index (χ3n) is 4.15. The molecule has 1 unspecified atom stereocenters. The van der Waals surface area contributed by atoms with E-state index in [1.807, 2.05) is 0 Å². The summed E-state index contributed by atoms with van der Waals surface area (Å²) in [5, 5.41) is 9.47. The molecule has 0 amide bonds. The second-order valence-corrected chi connectivity index (χ2v) is 6.22. The van der Waals surface area contributed by atoms with Gasteiger partial charge in [0.25, 0.3) is 0 Å². The summed E-state index contributed by atoms with van der Waals surface area (Å²) in [5.41, 5.74) is 5.21. The van der Waals surface area contributed by atoms with Crippen LogP contribution in [0.15, 0.2) is 0 Å². The first kappa shape index (κ1) is 20.6. The van der Waals surface area contributed by atoms with Gasteiger partial charge in [-0.2, -0.15) is 0 Å². The van der Waals surface area contributed by atoms with Crippen LogP contribution in [-0.4, -0.2) is 23.5 Å². The number of Topliss-reactive ketones (excluding diaryl/α,β-unsaturated/α-hetero) is 1. The molecule has 3 heteroatoms. The second-order valence-electron chi connectivity index (χ2n) is 6.22. The van der Waals surface area contributed by atoms with Gasteiger partial charge in [-0.05, 0) is 6.42 Å². The summed E-state index contributed by atoms with van der Waals surface area (Å²) in [7, 11) is 0. The van der Waals surface area contributed by atoms with E-state index in [-0.39, 0.29) is 12.3 Å². The van der Waals surface area contributed by atoms with Crippen LogP contribution in [0.5, 0.6) is 0 Å². The van der Waals surface area contributed by atoms with Crippen molar-refractivity contribution < 1.29 is 9.90 Å². The summed E-state index contributed by atoms with van der Waals surface area (Å²) in [6.45, 7) is 2.22. The third-order valence-corrected chi connectivity index (χ3v) is 4.15. The van der Waals surface area contributed by atoms with E-state index in [1.165, 1.54) is 70.6 Å². The molecule has 0 heterocycles. The summed E-state index contributed by atoms with van der Waals surface area (Å²) in [6.07, 6.45) is 16.8. The maximum Gasteiger partial charge on any atom is 0.174 e. The Morgan fingerprint density at radius 1 is 0.810 bits per heavy atom. The molecule has 0 saturated carbocycles. The predicted molar refractivity (Wildman–Crippen MR) is 90.4 cm³/mol. The number of aliphatic hydroxyl groups is 1. The van der Waals surface area contributed by atoms with Gasteiger partial charge in [0.1, 0.15) is 6.10 Å². The van der Waals surface area contributed by atoms with E-state index >= 15 is 0 Å². The summed E-state index contributed by atoms with van der Waals surface area (Å²) in [4.78, 5) is 11.1. The minimum Gasteiger partial charge on any atom is -0.385 e. The average molecular weight is 299 g/mol. The molecule has 0 aromatic heterocycles. The minimum atomic E-state index is -0.831. The maximum atomic E-state index is 11.1. The van der Waals surface area contributed by atoms with E-state index in [0.29, 0.717) is 6.42 Å². The Balaban J connectivity index is 3.11. The average Bonchev–Trinajstić information content (AvgIpc) is 2.50. The van der Waals surface area contributed by atoms with Crippen molar-refractivity contribution in [3.8, 4) is 0 Å². The van der Waals surface area contributed by atoms with Gasteiger partial charge in [-0.1, -0.05) is 90.4 Å². The predicted octanol–water partition coefficient (Wildman–Crippen LogP) is 4.36. The van der Waals surface area contributed by atoms with Gasteiger partial charge >= 0.3 is 0 Å². The van der Waals surface area contributed by atoms with E-state index < -0.39 is 6.10 Å². The topological polar surface area (TPSA) is 63.3 Å². The highest BCUT2D eigenvalue weighted by atomic mass is 16.3. The molecule has 0 saturated heterocycles. The van der Waals surface area contributed by atoms with Gasteiger partial charge in [-0.15, -0.1) is 0 Å². The Labute approximate surface area is 131 Å². The Hall–Kier alpha value is -0.410. The van der Waals surface area contributed by atoms with Crippen LogP contribution in [0.2, 0.25) is 0 Å². The number of hydrogen-bond acceptors (Lipinski definition) is 3. The Kier molecular flexibility index (Phi) is 15.7. The number of hydrogen-bond donors (Lipinski definition) is 2. The molecule has 126 valence electrons. The Morgan fingerprint density at radius 3 is 1.57 bits per heavy atom. The van der Waals surface area contributed by atoms with Crippen molar-refractivity contribution in [2.24, 2.45) is 5.73 Å². The van der Waals surface area contributed by atoms with E-state index in [9.17, 15) is 9.90 Å². The van der Waals surface area contributed by atoms with Gasteiger partial charge in [0.15, 0.2) is 5.78 Å². The van der Waals surface area contributed by atoms with Gasteiger partial charge in [-0.25, -0.2) is 0 Å². The van der Waals surface area contributed by atoms with Crippen LogP contribution in [0.25, 0.3) is 0 Å². The zero-order valence-electron chi connectivity index (χ0n) is 14.1. The number of unbranched alkanes of at least 4 members (excludes halogenated alkanes) is 12. The first-order valence-corrected chi connectivity index (χ1v) is 9.13. The number of carbonyl (C=O) groups is 1. The molecule has 0 aliphatic heterocycles. The van der Waals surface area contributed by atoms with Crippen molar-refractivity contribution in [2.75, 3.05) is 6.54 Å². The summed E-state index contributed by atoms with van der Waals surface area (Å²) in [5.74, 6) is -0.228. The molecular weight excluding hydrogens is 262 g/mol. The number of carbonyl (C=O) groups excluding carboxylic acids is 1. The van der Waals surface area contributed by atoms with E-state index in [1.54, 1.807) is 0 Å². The lowest BCUT2D eigenvalue weighted by Crippen LogP contribution is -2.27. The first-order valence-electron chi connectivity index (χ1n) is 9.13. The molecule has 0 aromatic carbocycles. The highest BCUT2D eigenvalue weighted by molar-refractivity contribution is 5.84. The molecule has 0 bridgehead atoms. The van der Waals surface area contributed by atoms with Crippen molar-refractivity contribution in [1.82, 2.24) is 0 Å². The lowest BCUT2D eigenvalue weighted by molar-refractivity contribution is -0.126. The Morgan fingerprint density at radius 2 is 1.19 bits per heavy atom. The highest BCUT2D eigenvalue weighted by Crippen LogP contribution is 2.13. The van der Waals surface area contributed by atoms with Crippen molar-refractivity contribution in [3.63, 3.8) is 0 Å². The molecule has 0 aromatic rings. The quantitative estimate of drug-likeness (QED) is 0.416. The molecule has 0 fully saturated rings. The smallest absolute Gasteiger partial charge is 0.174 e. The molecule has 0 aliphatic rings. The second kappa shape index (κ2) is 16.0. The van der Waals surface area contributed by atoms with Crippen LogP contribution in [0.3, 0.4) is 0 Å². The minimum absolute atomic E-state index is 0.0421. The van der Waals surface area contributed by atoms with E-state index in [0.717, 1.165) is 12.8 Å². The highest BCUT2D eigenvalue weighted by Gasteiger charge is 2.11. The zero-order chi connectivity index (χ0) is 15.8. The molecule has 21 heavy (non-hydrogen) atoms. The summed E-state index contributed by atoms with van der Waals surface area (Å²) < 4.78 is 0. The fraction of sp³-hybridized carbons (Fsp3) is 0.944. The number of aliphatic hydroxyl groups excluding tert-OH is 1. The third kappa shape index (κ3) is 14.3. The van der Waals surface area contributed by atoms with Gasteiger partial charge in [0.2, 0.25) is 0 Å². The summed E-state index contributed by atoms with van der Waals surface area (Å²) in [6, 6.07) is 0. The number of ketones is 1. The largest absolute Gasteiger partial charge is 0.385 e. The summed E-state index contributed by atoms with van der Waals surface area (Å²) >= 11 is 0. The normalized spacial score (nSPS) is 12.5. The molecule has 3 nitrogen and oxygen atoms in total. The van der Waals surface area contributed by atoms with Gasteiger partial charge < -0.3 is 10.8 Å². The fourth-order valence-corrected chi connectivity index (χ4v) is 2.65. The van der Waals surface area contributed by atoms with Crippen molar-refractivity contribution in [3.05, 3.63) is 0 Å². The molecule has 0 spiro atoms. The molecule has 0 radical (unpaired) electrons. The van der Waals surface area contributed by atoms with Gasteiger partial charge in [-0.3, -0.25) is 4.79 Å². The van der Waals surface area contributed by atoms with Crippen molar-refractivity contribution >= 4 is 5.78 Å². The maximum absolute atomic E-state index is 11.1. The molecule has 1 atom stereocenters. The van der Waals surface area contributed by atoms with Crippen molar-refractivity contribution in [2.45, 2.75) is 103 Å². The van der Waals surface area contributed by atoms with Gasteiger partial charge in [0.05, 0.1) is 6.54 Å².